The number of carbonyl (C=O) groups is 1. The van der Waals surface area contributed by atoms with Crippen molar-refractivity contribution >= 4 is 13.8 Å². The van der Waals surface area contributed by atoms with E-state index in [1.165, 1.54) is 0 Å². The van der Waals surface area contributed by atoms with Crippen LogP contribution in [0, 0.1) is 0 Å². The summed E-state index contributed by atoms with van der Waals surface area (Å²) in [6, 6.07) is -1.01. The van der Waals surface area contributed by atoms with Gasteiger partial charge in [-0.15, -0.1) is 0 Å². The number of aliphatic carboxylic acids is 1. The first kappa shape index (κ1) is 13.5. The van der Waals surface area contributed by atoms with Gasteiger partial charge in [0.25, 0.3) is 0 Å². The number of carboxylic acids is 1. The molecule has 84 valence electrons. The maximum Gasteiger partial charge on any atom is 0.469 e. The molecule has 0 aliphatic carbocycles. The Hall–Kier alpha value is -0.460. The average Bonchev–Trinajstić information content (AvgIpc) is 1.79. The molecule has 0 aliphatic heterocycles. The Labute approximate surface area is 81.7 Å². The number of nitrogens with zero attached hydrogens (tertiary/aromatic N) is 1. The van der Waals surface area contributed by atoms with E-state index in [0.717, 1.165) is 0 Å². The molecule has 3 N–H and O–H groups in total. The number of carboxylic acid groups (broad SMARTS) is 1. The zero-order valence-corrected chi connectivity index (χ0v) is 9.14. The Morgan fingerprint density at radius 1 is 1.43 bits per heavy atom. The molecule has 0 amide bonds. The van der Waals surface area contributed by atoms with Crippen LogP contribution in [0.3, 0.4) is 0 Å². The van der Waals surface area contributed by atoms with E-state index in [-0.39, 0.29) is 4.48 Å². The zero-order valence-electron chi connectivity index (χ0n) is 8.25. The maximum absolute atomic E-state index is 10.7. The Morgan fingerprint density at radius 3 is 2.07 bits per heavy atom. The lowest BCUT2D eigenvalue weighted by Crippen LogP contribution is -2.52. The molecule has 0 saturated carbocycles. The molecule has 0 rings (SSSR count). The topological polar surface area (TPSA) is 104 Å². The second-order valence-electron chi connectivity index (χ2n) is 3.76. The van der Waals surface area contributed by atoms with Crippen molar-refractivity contribution < 1.29 is 33.3 Å². The van der Waals surface area contributed by atoms with Crippen LogP contribution in [0.15, 0.2) is 0 Å². The second-order valence-corrected chi connectivity index (χ2v) is 5.00. The highest BCUT2D eigenvalue weighted by Gasteiger charge is 2.33. The molecular weight excluding hydrogens is 213 g/mol. The van der Waals surface area contributed by atoms with E-state index in [2.05, 4.69) is 4.52 Å². The molecular formula is C6H15NO6P+. The molecule has 0 spiro atoms. The normalized spacial score (nSPS) is 15.2. The smallest absolute Gasteiger partial charge is 0.469 e. The minimum Gasteiger partial charge on any atom is -0.477 e. The highest BCUT2D eigenvalue weighted by Crippen LogP contribution is 2.36. The lowest BCUT2D eigenvalue weighted by Gasteiger charge is -2.30. The van der Waals surface area contributed by atoms with Gasteiger partial charge in [0, 0.05) is 0 Å². The average molecular weight is 228 g/mol. The van der Waals surface area contributed by atoms with Crippen molar-refractivity contribution in [3.63, 3.8) is 0 Å². The van der Waals surface area contributed by atoms with Crippen molar-refractivity contribution in [2.45, 2.75) is 6.04 Å². The first-order chi connectivity index (χ1) is 6.04. The molecule has 0 heterocycles. The molecule has 8 heteroatoms. The second kappa shape index (κ2) is 4.37. The van der Waals surface area contributed by atoms with Crippen molar-refractivity contribution in [1.29, 1.82) is 0 Å². The first-order valence-electron chi connectivity index (χ1n) is 3.78. The largest absolute Gasteiger partial charge is 0.477 e. The number of quaternary nitrogens is 1. The molecule has 0 aromatic heterocycles. The summed E-state index contributed by atoms with van der Waals surface area (Å²) in [7, 11) is 0.195. The van der Waals surface area contributed by atoms with Gasteiger partial charge in [-0.2, -0.15) is 0 Å². The summed E-state index contributed by atoms with van der Waals surface area (Å²) in [5.41, 5.74) is 0. The van der Waals surface area contributed by atoms with E-state index in [0.29, 0.717) is 0 Å². The van der Waals surface area contributed by atoms with Gasteiger partial charge in [0.1, 0.15) is 6.61 Å². The third-order valence-electron chi connectivity index (χ3n) is 1.62. The van der Waals surface area contributed by atoms with Crippen molar-refractivity contribution in [1.82, 2.24) is 0 Å². The van der Waals surface area contributed by atoms with Crippen LogP contribution < -0.4 is 0 Å². The molecule has 7 nitrogen and oxygen atoms in total. The number of rotatable bonds is 5. The molecule has 14 heavy (non-hydrogen) atoms. The number of phosphoric acid groups is 1. The Bertz CT molecular complexity index is 254. The van der Waals surface area contributed by atoms with Gasteiger partial charge in [0.15, 0.2) is 0 Å². The fourth-order valence-electron chi connectivity index (χ4n) is 0.794. The lowest BCUT2D eigenvalue weighted by atomic mass is 10.2. The number of phosphoric ester groups is 1. The third kappa shape index (κ3) is 5.31. The van der Waals surface area contributed by atoms with E-state index < -0.39 is 26.4 Å². The predicted molar refractivity (Wildman–Crippen MR) is 47.5 cm³/mol. The first-order valence-corrected chi connectivity index (χ1v) is 5.31. The van der Waals surface area contributed by atoms with E-state index in [9.17, 15) is 9.36 Å². The van der Waals surface area contributed by atoms with Crippen LogP contribution in [0.2, 0.25) is 0 Å². The molecule has 0 bridgehead atoms. The van der Waals surface area contributed by atoms with Crippen molar-refractivity contribution in [3.8, 4) is 0 Å². The highest BCUT2D eigenvalue weighted by molar-refractivity contribution is 7.46. The third-order valence-corrected chi connectivity index (χ3v) is 2.11. The fraction of sp³-hybridized carbons (Fsp3) is 0.833. The molecule has 0 aromatic carbocycles. The summed E-state index contributed by atoms with van der Waals surface area (Å²) in [5.74, 6) is -1.16. The van der Waals surface area contributed by atoms with Crippen LogP contribution in [0.25, 0.3) is 0 Å². The number of hydrogen-bond donors (Lipinski definition) is 3. The van der Waals surface area contributed by atoms with Gasteiger partial charge in [-0.3, -0.25) is 4.52 Å². The van der Waals surface area contributed by atoms with Crippen molar-refractivity contribution in [2.75, 3.05) is 27.7 Å². The number of hydrogen-bond acceptors (Lipinski definition) is 3. The minimum absolute atomic E-state index is 0.0231. The van der Waals surface area contributed by atoms with Gasteiger partial charge in [-0.1, -0.05) is 0 Å². The molecule has 0 aliphatic rings. The highest BCUT2D eigenvalue weighted by atomic mass is 31.2. The number of likely N-dealkylation sites (N-methyl/N-ethyl adjacent to an activating group) is 1. The molecule has 0 fully saturated rings. The zero-order chi connectivity index (χ0) is 11.6. The minimum atomic E-state index is -4.60. The Kier molecular flexibility index (Phi) is 4.23. The molecule has 1 atom stereocenters. The van der Waals surface area contributed by atoms with Crippen molar-refractivity contribution in [2.24, 2.45) is 0 Å². The van der Waals surface area contributed by atoms with Gasteiger partial charge in [0.05, 0.1) is 21.1 Å². The standard InChI is InChI=1S/C6H14NO6P/c1-7(2,3)5(6(8)9)4-13-14(10,11)12/h5H,4H2,1-3H3,(H2-,8,9,10,11,12)/p+1/t5-/m0/s1. The van der Waals surface area contributed by atoms with E-state index in [1.807, 2.05) is 0 Å². The summed E-state index contributed by atoms with van der Waals surface area (Å²) >= 11 is 0. The van der Waals surface area contributed by atoms with Crippen LogP contribution >= 0.6 is 7.82 Å². The Morgan fingerprint density at radius 2 is 1.86 bits per heavy atom. The Balaban J connectivity index is 4.42. The predicted octanol–water partition coefficient (Wildman–Crippen LogP) is -0.745. The quantitative estimate of drug-likeness (QED) is 0.422. The maximum atomic E-state index is 10.7. The molecule has 0 unspecified atom stereocenters. The van der Waals surface area contributed by atoms with Gasteiger partial charge < -0.3 is 19.4 Å². The summed E-state index contributed by atoms with van der Waals surface area (Å²) in [5, 5.41) is 8.76. The van der Waals surface area contributed by atoms with E-state index in [4.69, 9.17) is 14.9 Å². The van der Waals surface area contributed by atoms with Crippen molar-refractivity contribution in [3.05, 3.63) is 0 Å². The SMILES string of the molecule is C[N+](C)(C)[C@@H](COP(=O)(O)O)C(=O)O. The fourth-order valence-corrected chi connectivity index (χ4v) is 1.13. The van der Waals surface area contributed by atoms with Crippen LogP contribution in [-0.2, 0) is 13.9 Å². The van der Waals surface area contributed by atoms with E-state index in [1.54, 1.807) is 21.1 Å². The van der Waals surface area contributed by atoms with Crippen LogP contribution in [0.4, 0.5) is 0 Å². The van der Waals surface area contributed by atoms with Gasteiger partial charge >= 0.3 is 13.8 Å². The van der Waals surface area contributed by atoms with Crippen LogP contribution in [0.1, 0.15) is 0 Å². The van der Waals surface area contributed by atoms with Gasteiger partial charge in [0.2, 0.25) is 6.04 Å². The van der Waals surface area contributed by atoms with Crippen LogP contribution in [0.5, 0.6) is 0 Å². The summed E-state index contributed by atoms with van der Waals surface area (Å²) in [4.78, 5) is 27.5. The van der Waals surface area contributed by atoms with E-state index >= 15 is 0 Å². The molecule has 0 aromatic rings. The monoisotopic (exact) mass is 228 g/mol. The lowest BCUT2D eigenvalue weighted by molar-refractivity contribution is -0.887. The summed E-state index contributed by atoms with van der Waals surface area (Å²) in [6.07, 6.45) is 0. The van der Waals surface area contributed by atoms with Gasteiger partial charge in [-0.25, -0.2) is 9.36 Å². The molecule has 0 saturated heterocycles. The molecule has 0 radical (unpaired) electrons. The van der Waals surface area contributed by atoms with Crippen LogP contribution in [-0.4, -0.2) is 59.1 Å². The van der Waals surface area contributed by atoms with Gasteiger partial charge in [-0.05, 0) is 0 Å². The summed E-state index contributed by atoms with van der Waals surface area (Å²) in [6.45, 7) is -0.525. The summed E-state index contributed by atoms with van der Waals surface area (Å²) < 4.78 is 14.5.